The van der Waals surface area contributed by atoms with Gasteiger partial charge in [0.1, 0.15) is 13.2 Å². The normalized spacial score (nSPS) is 12.9. The lowest BCUT2D eigenvalue weighted by Gasteiger charge is -2.18. The Hall–Kier alpha value is -3.67. The molecule has 0 aromatic carbocycles. The molecule has 0 saturated heterocycles. The molecule has 0 N–H and O–H groups in total. The molecule has 0 bridgehead atoms. The summed E-state index contributed by atoms with van der Waals surface area (Å²) in [7, 11) is 0. The van der Waals surface area contributed by atoms with E-state index in [1.165, 1.54) is 51.4 Å². The van der Waals surface area contributed by atoms with Gasteiger partial charge in [-0.25, -0.2) is 0 Å². The predicted octanol–water partition coefficient (Wildman–Crippen LogP) is 16.2. The van der Waals surface area contributed by atoms with Crippen molar-refractivity contribution in [2.75, 3.05) is 13.2 Å². The fourth-order valence-corrected chi connectivity index (χ4v) is 6.31. The van der Waals surface area contributed by atoms with Crippen molar-refractivity contribution in [1.29, 1.82) is 0 Å². The Morgan fingerprint density at radius 2 is 0.672 bits per heavy atom. The zero-order valence-corrected chi connectivity index (χ0v) is 39.4. The Balaban J connectivity index is 4.50. The van der Waals surface area contributed by atoms with Gasteiger partial charge in [0, 0.05) is 19.3 Å². The Labute approximate surface area is 375 Å². The summed E-state index contributed by atoms with van der Waals surface area (Å²) in [5.41, 5.74) is 0. The molecule has 0 aliphatic carbocycles. The van der Waals surface area contributed by atoms with Crippen molar-refractivity contribution in [3.8, 4) is 0 Å². The highest BCUT2D eigenvalue weighted by molar-refractivity contribution is 5.71. The van der Waals surface area contributed by atoms with Crippen LogP contribution in [-0.2, 0) is 28.6 Å². The molecule has 6 heteroatoms. The number of carbonyl (C=O) groups is 3. The average Bonchev–Trinajstić information content (AvgIpc) is 3.26. The van der Waals surface area contributed by atoms with E-state index in [4.69, 9.17) is 14.2 Å². The van der Waals surface area contributed by atoms with E-state index in [-0.39, 0.29) is 37.5 Å². The van der Waals surface area contributed by atoms with Crippen LogP contribution in [0, 0.1) is 0 Å². The lowest BCUT2D eigenvalue weighted by atomic mass is 10.1. The smallest absolute Gasteiger partial charge is 0.306 e. The first-order valence-electron chi connectivity index (χ1n) is 24.7. The number of hydrogen-bond donors (Lipinski definition) is 0. The first-order chi connectivity index (χ1) is 30.0. The third-order valence-electron chi connectivity index (χ3n) is 10.0. The standard InChI is InChI=1S/C55H90O6/c1-4-7-10-13-16-19-22-24-26-27-29-31-34-36-39-42-45-48-54(57)60-51-52(61-55(58)49-46-43-40-37-32-21-18-15-12-9-6-3)50-59-53(56)47-44-41-38-35-33-30-28-25-23-20-17-14-11-8-5-2/h7,10,15-20,24-26,28-29,31,36,39,52H,4-6,8-9,11-14,21-23,27,30,32-35,37-38,40-51H2,1-3H3/b10-7-,18-15-,19-16-,20-17-,26-24-,28-25-,31-29-,39-36-/t52-/m0/s1. The van der Waals surface area contributed by atoms with Crippen LogP contribution in [0.2, 0.25) is 0 Å². The van der Waals surface area contributed by atoms with E-state index in [1.54, 1.807) is 0 Å². The molecule has 0 aliphatic heterocycles. The zero-order chi connectivity index (χ0) is 44.4. The molecule has 61 heavy (non-hydrogen) atoms. The fraction of sp³-hybridized carbons (Fsp3) is 0.655. The molecule has 0 spiro atoms. The van der Waals surface area contributed by atoms with Gasteiger partial charge in [0.05, 0.1) is 0 Å². The molecule has 0 amide bonds. The number of rotatable bonds is 43. The Morgan fingerprint density at radius 3 is 1.13 bits per heavy atom. The largest absolute Gasteiger partial charge is 0.462 e. The number of allylic oxidation sites excluding steroid dienone is 16. The van der Waals surface area contributed by atoms with E-state index in [2.05, 4.69) is 118 Å². The van der Waals surface area contributed by atoms with Crippen molar-refractivity contribution in [3.63, 3.8) is 0 Å². The van der Waals surface area contributed by atoms with E-state index < -0.39 is 6.10 Å². The van der Waals surface area contributed by atoms with Crippen LogP contribution in [-0.4, -0.2) is 37.2 Å². The second-order valence-corrected chi connectivity index (χ2v) is 16.0. The van der Waals surface area contributed by atoms with Crippen molar-refractivity contribution in [3.05, 3.63) is 97.2 Å². The van der Waals surface area contributed by atoms with E-state index in [1.807, 2.05) is 0 Å². The Kier molecular flexibility index (Phi) is 46.0. The summed E-state index contributed by atoms with van der Waals surface area (Å²) in [6.07, 6.45) is 63.9. The van der Waals surface area contributed by atoms with Crippen LogP contribution < -0.4 is 0 Å². The van der Waals surface area contributed by atoms with Crippen molar-refractivity contribution in [2.24, 2.45) is 0 Å². The van der Waals surface area contributed by atoms with Gasteiger partial charge in [-0.3, -0.25) is 14.4 Å². The van der Waals surface area contributed by atoms with Gasteiger partial charge in [0.15, 0.2) is 6.10 Å². The molecule has 0 aliphatic rings. The number of hydrogen-bond acceptors (Lipinski definition) is 6. The topological polar surface area (TPSA) is 78.9 Å². The maximum Gasteiger partial charge on any atom is 0.306 e. The molecule has 0 rings (SSSR count). The maximum atomic E-state index is 12.7. The van der Waals surface area contributed by atoms with Gasteiger partial charge >= 0.3 is 17.9 Å². The number of esters is 3. The predicted molar refractivity (Wildman–Crippen MR) is 260 cm³/mol. The van der Waals surface area contributed by atoms with Gasteiger partial charge in [0.2, 0.25) is 0 Å². The molecule has 0 aromatic heterocycles. The molecule has 0 aromatic rings. The first kappa shape index (κ1) is 57.3. The monoisotopic (exact) mass is 847 g/mol. The highest BCUT2D eigenvalue weighted by Crippen LogP contribution is 2.12. The van der Waals surface area contributed by atoms with Crippen molar-refractivity contribution in [2.45, 2.75) is 219 Å². The minimum absolute atomic E-state index is 0.107. The van der Waals surface area contributed by atoms with E-state index in [9.17, 15) is 14.4 Å². The number of carbonyl (C=O) groups excluding carboxylic acids is 3. The van der Waals surface area contributed by atoms with E-state index in [0.717, 1.165) is 116 Å². The molecule has 346 valence electrons. The van der Waals surface area contributed by atoms with Gasteiger partial charge < -0.3 is 14.2 Å². The molecule has 6 nitrogen and oxygen atoms in total. The molecule has 0 saturated carbocycles. The molecule has 0 heterocycles. The summed E-state index contributed by atoms with van der Waals surface area (Å²) >= 11 is 0. The zero-order valence-electron chi connectivity index (χ0n) is 39.4. The lowest BCUT2D eigenvalue weighted by molar-refractivity contribution is -0.167. The second-order valence-electron chi connectivity index (χ2n) is 16.0. The van der Waals surface area contributed by atoms with Gasteiger partial charge in [-0.05, 0) is 109 Å². The van der Waals surface area contributed by atoms with Gasteiger partial charge in [-0.2, -0.15) is 0 Å². The number of ether oxygens (including phenoxy) is 3. The maximum absolute atomic E-state index is 12.7. The van der Waals surface area contributed by atoms with Gasteiger partial charge in [0.25, 0.3) is 0 Å². The minimum atomic E-state index is -0.810. The molecular weight excluding hydrogens is 757 g/mol. The Morgan fingerprint density at radius 1 is 0.344 bits per heavy atom. The summed E-state index contributed by atoms with van der Waals surface area (Å²) in [5.74, 6) is -0.997. The van der Waals surface area contributed by atoms with Crippen molar-refractivity contribution < 1.29 is 28.6 Å². The summed E-state index contributed by atoms with van der Waals surface area (Å²) in [6, 6.07) is 0. The second kappa shape index (κ2) is 49.0. The Bertz CT molecular complexity index is 1250. The molecular formula is C55H90O6. The molecule has 1 atom stereocenters. The van der Waals surface area contributed by atoms with Crippen LogP contribution in [0.5, 0.6) is 0 Å². The first-order valence-corrected chi connectivity index (χ1v) is 24.7. The SMILES string of the molecule is CC/C=C\C/C=C\C/C=C\C/C=C\C/C=C\CCCC(=O)OC[C@H](COC(=O)CCCCCCC/C=C\C/C=C\CCCCC)OC(=O)CCCCCCC/C=C\CCCC. The highest BCUT2D eigenvalue weighted by Gasteiger charge is 2.19. The molecule has 0 unspecified atom stereocenters. The van der Waals surface area contributed by atoms with Crippen LogP contribution in [0.4, 0.5) is 0 Å². The van der Waals surface area contributed by atoms with Crippen LogP contribution >= 0.6 is 0 Å². The molecule has 0 radical (unpaired) electrons. The van der Waals surface area contributed by atoms with Gasteiger partial charge in [-0.1, -0.05) is 182 Å². The summed E-state index contributed by atoms with van der Waals surface area (Å²) in [4.78, 5) is 37.9. The summed E-state index contributed by atoms with van der Waals surface area (Å²) in [6.45, 7) is 6.37. The average molecular weight is 847 g/mol. The quantitative estimate of drug-likeness (QED) is 0.0263. The third-order valence-corrected chi connectivity index (χ3v) is 10.0. The minimum Gasteiger partial charge on any atom is -0.462 e. The van der Waals surface area contributed by atoms with Gasteiger partial charge in [-0.15, -0.1) is 0 Å². The van der Waals surface area contributed by atoms with Crippen LogP contribution in [0.15, 0.2) is 97.2 Å². The van der Waals surface area contributed by atoms with E-state index >= 15 is 0 Å². The van der Waals surface area contributed by atoms with E-state index in [0.29, 0.717) is 19.3 Å². The van der Waals surface area contributed by atoms with Crippen molar-refractivity contribution >= 4 is 17.9 Å². The highest BCUT2D eigenvalue weighted by atomic mass is 16.6. The van der Waals surface area contributed by atoms with Crippen molar-refractivity contribution in [1.82, 2.24) is 0 Å². The van der Waals surface area contributed by atoms with Crippen LogP contribution in [0.1, 0.15) is 213 Å². The van der Waals surface area contributed by atoms with Crippen LogP contribution in [0.3, 0.4) is 0 Å². The third kappa shape index (κ3) is 47.2. The summed E-state index contributed by atoms with van der Waals surface area (Å²) < 4.78 is 16.7. The number of unbranched alkanes of at least 4 members (excludes halogenated alkanes) is 16. The summed E-state index contributed by atoms with van der Waals surface area (Å²) in [5, 5.41) is 0. The lowest BCUT2D eigenvalue weighted by Crippen LogP contribution is -2.30. The van der Waals surface area contributed by atoms with Crippen LogP contribution in [0.25, 0.3) is 0 Å². The fourth-order valence-electron chi connectivity index (χ4n) is 6.31. The molecule has 0 fully saturated rings.